The Bertz CT molecular complexity index is 409. The molecular formula is C9H11N3O4S. The van der Waals surface area contributed by atoms with Crippen LogP contribution in [0.5, 0.6) is 0 Å². The van der Waals surface area contributed by atoms with Crippen LogP contribution < -0.4 is 11.2 Å². The summed E-state index contributed by atoms with van der Waals surface area (Å²) in [7, 11) is 0. The highest BCUT2D eigenvalue weighted by Gasteiger charge is 2.13. The van der Waals surface area contributed by atoms with Crippen molar-refractivity contribution in [3.8, 4) is 0 Å². The number of nitrogens with zero attached hydrogens (tertiary/aromatic N) is 1. The van der Waals surface area contributed by atoms with Crippen LogP contribution in [0.4, 0.5) is 11.4 Å². The quantitative estimate of drug-likeness (QED) is 0.407. The summed E-state index contributed by atoms with van der Waals surface area (Å²) in [5.41, 5.74) is 8.07. The molecule has 0 saturated carbocycles. The molecule has 0 aliphatic rings. The summed E-state index contributed by atoms with van der Waals surface area (Å²) in [5, 5.41) is 10.4. The number of benzene rings is 1. The molecule has 1 aromatic carbocycles. The van der Waals surface area contributed by atoms with Gasteiger partial charge in [-0.15, -0.1) is 0 Å². The molecule has 0 aliphatic carbocycles. The SMILES string of the molecule is N[C@@H](CS)C(=O)ONc1ccc([N+](=O)[O-])cc1. The van der Waals surface area contributed by atoms with E-state index in [1.165, 1.54) is 24.3 Å². The third kappa shape index (κ3) is 3.93. The Kier molecular flexibility index (Phi) is 4.73. The van der Waals surface area contributed by atoms with Crippen molar-refractivity contribution in [2.75, 3.05) is 11.2 Å². The average molecular weight is 257 g/mol. The monoisotopic (exact) mass is 257 g/mol. The summed E-state index contributed by atoms with van der Waals surface area (Å²) in [6.07, 6.45) is 0. The lowest BCUT2D eigenvalue weighted by Gasteiger charge is -2.09. The molecule has 3 N–H and O–H groups in total. The first-order valence-electron chi connectivity index (χ1n) is 4.62. The number of hydrogen-bond donors (Lipinski definition) is 3. The molecule has 1 atom stereocenters. The van der Waals surface area contributed by atoms with Crippen LogP contribution in [0.15, 0.2) is 24.3 Å². The predicted molar refractivity (Wildman–Crippen MR) is 64.6 cm³/mol. The van der Waals surface area contributed by atoms with E-state index in [9.17, 15) is 14.9 Å². The molecule has 0 radical (unpaired) electrons. The molecule has 0 saturated heterocycles. The topological polar surface area (TPSA) is 107 Å². The molecule has 0 aromatic heterocycles. The van der Waals surface area contributed by atoms with E-state index in [-0.39, 0.29) is 11.4 Å². The number of nitro groups is 1. The van der Waals surface area contributed by atoms with E-state index < -0.39 is 16.9 Å². The Hall–Kier alpha value is -1.80. The Balaban J connectivity index is 2.53. The molecule has 7 nitrogen and oxygen atoms in total. The van der Waals surface area contributed by atoms with Crippen molar-refractivity contribution >= 4 is 30.0 Å². The molecule has 0 bridgehead atoms. The summed E-state index contributed by atoms with van der Waals surface area (Å²) >= 11 is 3.84. The number of nitrogens with two attached hydrogens (primary N) is 1. The second kappa shape index (κ2) is 6.06. The third-order valence-corrected chi connectivity index (χ3v) is 2.24. The molecule has 1 aromatic rings. The minimum absolute atomic E-state index is 0.0473. The van der Waals surface area contributed by atoms with Gasteiger partial charge in [0.15, 0.2) is 0 Å². The van der Waals surface area contributed by atoms with Gasteiger partial charge in [-0.1, -0.05) is 0 Å². The number of non-ortho nitro benzene ring substituents is 1. The zero-order valence-corrected chi connectivity index (χ0v) is 9.59. The van der Waals surface area contributed by atoms with E-state index in [0.717, 1.165) is 0 Å². The van der Waals surface area contributed by atoms with Crippen LogP contribution in [0, 0.1) is 10.1 Å². The summed E-state index contributed by atoms with van der Waals surface area (Å²) in [6, 6.07) is 4.59. The molecule has 1 rings (SSSR count). The molecule has 0 amide bonds. The molecule has 0 spiro atoms. The zero-order chi connectivity index (χ0) is 12.8. The van der Waals surface area contributed by atoms with Crippen LogP contribution in [0.25, 0.3) is 0 Å². The number of carbonyl (C=O) groups is 1. The fourth-order valence-corrected chi connectivity index (χ4v) is 1.06. The van der Waals surface area contributed by atoms with E-state index in [0.29, 0.717) is 5.69 Å². The number of rotatable bonds is 5. The van der Waals surface area contributed by atoms with Gasteiger partial charge >= 0.3 is 5.97 Å². The highest BCUT2D eigenvalue weighted by atomic mass is 32.1. The molecular weight excluding hydrogens is 246 g/mol. The molecule has 0 unspecified atom stereocenters. The van der Waals surface area contributed by atoms with Crippen molar-refractivity contribution in [2.24, 2.45) is 5.73 Å². The summed E-state index contributed by atoms with van der Waals surface area (Å²) in [6.45, 7) is 0. The molecule has 17 heavy (non-hydrogen) atoms. The first-order valence-corrected chi connectivity index (χ1v) is 5.25. The second-order valence-electron chi connectivity index (χ2n) is 3.12. The number of nitro benzene ring substituents is 1. The number of hydrogen-bond acceptors (Lipinski definition) is 7. The maximum Gasteiger partial charge on any atom is 0.349 e. The lowest BCUT2D eigenvalue weighted by molar-refractivity contribution is -0.384. The van der Waals surface area contributed by atoms with E-state index >= 15 is 0 Å². The van der Waals surface area contributed by atoms with Crippen LogP contribution in [0.2, 0.25) is 0 Å². The Morgan fingerprint density at radius 3 is 2.59 bits per heavy atom. The standard InChI is InChI=1S/C9H11N3O4S/c10-8(5-17)9(13)16-11-6-1-3-7(4-2-6)12(14)15/h1-4,8,11,17H,5,10H2/t8-/m0/s1. The molecule has 0 aliphatic heterocycles. The normalized spacial score (nSPS) is 11.6. The fourth-order valence-electron chi connectivity index (χ4n) is 0.911. The summed E-state index contributed by atoms with van der Waals surface area (Å²) in [4.78, 5) is 25.7. The summed E-state index contributed by atoms with van der Waals surface area (Å²) in [5.74, 6) is -0.487. The van der Waals surface area contributed by atoms with Gasteiger partial charge in [0.1, 0.15) is 6.04 Å². The van der Waals surface area contributed by atoms with Gasteiger partial charge in [0.25, 0.3) is 5.69 Å². The van der Waals surface area contributed by atoms with Crippen molar-refractivity contribution in [1.29, 1.82) is 0 Å². The Morgan fingerprint density at radius 2 is 2.12 bits per heavy atom. The largest absolute Gasteiger partial charge is 0.349 e. The van der Waals surface area contributed by atoms with Gasteiger partial charge in [-0.05, 0) is 12.1 Å². The van der Waals surface area contributed by atoms with Crippen molar-refractivity contribution in [3.05, 3.63) is 34.4 Å². The fraction of sp³-hybridized carbons (Fsp3) is 0.222. The lowest BCUT2D eigenvalue weighted by Crippen LogP contribution is -2.35. The van der Waals surface area contributed by atoms with Crippen LogP contribution in [-0.2, 0) is 9.63 Å². The minimum atomic E-state index is -0.816. The van der Waals surface area contributed by atoms with E-state index in [1.54, 1.807) is 0 Å². The minimum Gasteiger partial charge on any atom is -0.342 e. The van der Waals surface area contributed by atoms with Crippen LogP contribution in [0.3, 0.4) is 0 Å². The maximum absolute atomic E-state index is 11.2. The third-order valence-electron chi connectivity index (χ3n) is 1.85. The average Bonchev–Trinajstić information content (AvgIpc) is 2.35. The van der Waals surface area contributed by atoms with Gasteiger partial charge in [-0.2, -0.15) is 12.6 Å². The van der Waals surface area contributed by atoms with Crippen LogP contribution in [-0.4, -0.2) is 22.7 Å². The highest BCUT2D eigenvalue weighted by Crippen LogP contribution is 2.15. The van der Waals surface area contributed by atoms with Crippen molar-refractivity contribution in [3.63, 3.8) is 0 Å². The van der Waals surface area contributed by atoms with E-state index in [4.69, 9.17) is 5.73 Å². The number of anilines is 1. The molecule has 0 fully saturated rings. The predicted octanol–water partition coefficient (Wildman–Crippen LogP) is 0.722. The van der Waals surface area contributed by atoms with Crippen molar-refractivity contribution < 1.29 is 14.6 Å². The first-order chi connectivity index (χ1) is 8.04. The van der Waals surface area contributed by atoms with Gasteiger partial charge in [0, 0.05) is 17.9 Å². The number of nitrogens with one attached hydrogen (secondary N) is 1. The zero-order valence-electron chi connectivity index (χ0n) is 8.70. The van der Waals surface area contributed by atoms with Gasteiger partial charge in [-0.25, -0.2) is 10.3 Å². The summed E-state index contributed by atoms with van der Waals surface area (Å²) < 4.78 is 0. The van der Waals surface area contributed by atoms with Gasteiger partial charge in [-0.3, -0.25) is 10.1 Å². The van der Waals surface area contributed by atoms with E-state index in [2.05, 4.69) is 22.9 Å². The first kappa shape index (κ1) is 13.3. The molecule has 8 heteroatoms. The lowest BCUT2D eigenvalue weighted by atomic mass is 10.3. The van der Waals surface area contributed by atoms with Gasteiger partial charge in [0.05, 0.1) is 10.6 Å². The molecule has 0 heterocycles. The Labute approximate surface area is 102 Å². The van der Waals surface area contributed by atoms with Gasteiger partial charge < -0.3 is 10.6 Å². The maximum atomic E-state index is 11.2. The Morgan fingerprint density at radius 1 is 1.53 bits per heavy atom. The molecule has 92 valence electrons. The number of thiol groups is 1. The van der Waals surface area contributed by atoms with E-state index in [1.807, 2.05) is 0 Å². The van der Waals surface area contributed by atoms with Gasteiger partial charge in [0.2, 0.25) is 0 Å². The smallest absolute Gasteiger partial charge is 0.342 e. The van der Waals surface area contributed by atoms with Crippen LogP contribution in [0.1, 0.15) is 0 Å². The second-order valence-corrected chi connectivity index (χ2v) is 3.48. The van der Waals surface area contributed by atoms with Crippen molar-refractivity contribution in [1.82, 2.24) is 0 Å². The van der Waals surface area contributed by atoms with Crippen molar-refractivity contribution in [2.45, 2.75) is 6.04 Å². The van der Waals surface area contributed by atoms with Crippen LogP contribution >= 0.6 is 12.6 Å². The highest BCUT2D eigenvalue weighted by molar-refractivity contribution is 7.80. The number of carbonyl (C=O) groups excluding carboxylic acids is 1.